The molecule has 1 aliphatic heterocycles. The predicted octanol–water partition coefficient (Wildman–Crippen LogP) is 1.91. The van der Waals surface area contributed by atoms with E-state index >= 15 is 0 Å². The monoisotopic (exact) mass is 527 g/mol. The van der Waals surface area contributed by atoms with Gasteiger partial charge in [0, 0.05) is 25.6 Å². The molecule has 0 bridgehead atoms. The molecule has 0 aliphatic carbocycles. The molecular formula is C29H45N5O4. The second kappa shape index (κ2) is 14.2. The van der Waals surface area contributed by atoms with Gasteiger partial charge in [-0.05, 0) is 51.0 Å². The van der Waals surface area contributed by atoms with E-state index in [1.54, 1.807) is 20.8 Å². The van der Waals surface area contributed by atoms with E-state index in [4.69, 9.17) is 5.73 Å². The summed E-state index contributed by atoms with van der Waals surface area (Å²) >= 11 is 0. The highest BCUT2D eigenvalue weighted by Gasteiger charge is 2.42. The first-order chi connectivity index (χ1) is 17.9. The number of benzene rings is 1. The summed E-state index contributed by atoms with van der Waals surface area (Å²) in [7, 11) is 0. The smallest absolute Gasteiger partial charge is 0.242 e. The Balaban J connectivity index is 2.32. The topological polar surface area (TPSA) is 134 Å². The van der Waals surface area contributed by atoms with Gasteiger partial charge in [-0.3, -0.25) is 24.1 Å². The fourth-order valence-corrected chi connectivity index (χ4v) is 4.80. The van der Waals surface area contributed by atoms with Gasteiger partial charge in [0.2, 0.25) is 17.7 Å². The minimum atomic E-state index is -1.13. The van der Waals surface area contributed by atoms with Crippen molar-refractivity contribution in [2.24, 2.45) is 17.6 Å². The fraction of sp³-hybridized carbons (Fsp3) is 0.586. The molecular weight excluding hydrogens is 482 g/mol. The van der Waals surface area contributed by atoms with Crippen molar-refractivity contribution >= 4 is 24.0 Å². The molecule has 2 rings (SSSR count). The minimum Gasteiger partial charge on any atom is -0.348 e. The minimum absolute atomic E-state index is 0.0427. The first kappa shape index (κ1) is 31.2. The van der Waals surface area contributed by atoms with Crippen LogP contribution in [0.15, 0.2) is 42.0 Å². The molecule has 9 heteroatoms. The molecule has 38 heavy (non-hydrogen) atoms. The van der Waals surface area contributed by atoms with Crippen molar-refractivity contribution in [2.45, 2.75) is 84.6 Å². The Bertz CT molecular complexity index is 994. The first-order valence-corrected chi connectivity index (χ1v) is 13.6. The third-order valence-corrected chi connectivity index (χ3v) is 7.24. The van der Waals surface area contributed by atoms with Gasteiger partial charge >= 0.3 is 0 Å². The number of amides is 3. The maximum Gasteiger partial charge on any atom is 0.242 e. The molecule has 0 saturated heterocycles. The Labute approximate surface area is 227 Å². The Kier molecular flexibility index (Phi) is 11.7. The predicted molar refractivity (Wildman–Crippen MR) is 149 cm³/mol. The zero-order chi connectivity index (χ0) is 28.5. The Morgan fingerprint density at radius 3 is 2.29 bits per heavy atom. The Morgan fingerprint density at radius 1 is 1.08 bits per heavy atom. The third kappa shape index (κ3) is 8.23. The van der Waals surface area contributed by atoms with E-state index in [-0.39, 0.29) is 42.0 Å². The van der Waals surface area contributed by atoms with Crippen molar-refractivity contribution < 1.29 is 19.2 Å². The van der Waals surface area contributed by atoms with Gasteiger partial charge in [0.1, 0.15) is 6.04 Å². The van der Waals surface area contributed by atoms with Crippen LogP contribution in [0.1, 0.15) is 59.9 Å². The maximum atomic E-state index is 12.8. The van der Waals surface area contributed by atoms with E-state index in [9.17, 15) is 19.2 Å². The largest absolute Gasteiger partial charge is 0.348 e. The molecule has 0 radical (unpaired) electrons. The Morgan fingerprint density at radius 2 is 1.74 bits per heavy atom. The van der Waals surface area contributed by atoms with Crippen molar-refractivity contribution in [3.63, 3.8) is 0 Å². The van der Waals surface area contributed by atoms with E-state index in [2.05, 4.69) is 39.1 Å². The summed E-state index contributed by atoms with van der Waals surface area (Å²) in [6.45, 7) is 11.9. The van der Waals surface area contributed by atoms with Gasteiger partial charge in [-0.1, -0.05) is 62.8 Å². The standard InChI is InChI=1S/C29H45N5O4/c1-7-26(36)33-29(18-35,19(2)3)34-14-13-25(16-24(17-34)15-23-11-9-8-10-12-23)21(5)31-28(38)22(6)32-27(37)20(4)30/h8-12,16,18-22,24H,7,13-15,17,30H2,1-6H3,(H,31,38)(H,32,37)(H,33,36)/t20-,21?,22-,24?,29-/m0/s1. The number of hydrogen-bond acceptors (Lipinski definition) is 6. The highest BCUT2D eigenvalue weighted by atomic mass is 16.2. The lowest BCUT2D eigenvalue weighted by Gasteiger charge is -2.44. The molecule has 210 valence electrons. The van der Waals surface area contributed by atoms with Crippen molar-refractivity contribution in [1.29, 1.82) is 0 Å². The summed E-state index contributed by atoms with van der Waals surface area (Å²) in [4.78, 5) is 51.9. The Hall–Kier alpha value is -3.04. The van der Waals surface area contributed by atoms with Crippen molar-refractivity contribution in [2.75, 3.05) is 13.1 Å². The molecule has 0 fully saturated rings. The zero-order valence-electron chi connectivity index (χ0n) is 23.6. The van der Waals surface area contributed by atoms with Gasteiger partial charge in [-0.25, -0.2) is 0 Å². The van der Waals surface area contributed by atoms with Gasteiger partial charge in [0.05, 0.1) is 6.04 Å². The van der Waals surface area contributed by atoms with Crippen LogP contribution in [0.2, 0.25) is 0 Å². The molecule has 1 aliphatic rings. The van der Waals surface area contributed by atoms with Crippen LogP contribution in [0.5, 0.6) is 0 Å². The number of hydrogen-bond donors (Lipinski definition) is 4. The third-order valence-electron chi connectivity index (χ3n) is 7.24. The second-order valence-electron chi connectivity index (χ2n) is 10.6. The van der Waals surface area contributed by atoms with Gasteiger partial charge < -0.3 is 21.7 Å². The summed E-state index contributed by atoms with van der Waals surface area (Å²) in [5, 5.41) is 8.65. The fourth-order valence-electron chi connectivity index (χ4n) is 4.80. The summed E-state index contributed by atoms with van der Waals surface area (Å²) in [6.07, 6.45) is 4.70. The highest BCUT2D eigenvalue weighted by Crippen LogP contribution is 2.29. The molecule has 1 aromatic carbocycles. The number of nitrogens with one attached hydrogen (secondary N) is 3. The molecule has 0 spiro atoms. The van der Waals surface area contributed by atoms with Crippen LogP contribution in [0, 0.1) is 11.8 Å². The van der Waals surface area contributed by atoms with Crippen LogP contribution in [-0.2, 0) is 25.6 Å². The van der Waals surface area contributed by atoms with Crippen molar-refractivity contribution in [3.05, 3.63) is 47.5 Å². The van der Waals surface area contributed by atoms with Crippen molar-refractivity contribution in [1.82, 2.24) is 20.9 Å². The molecule has 9 nitrogen and oxygen atoms in total. The molecule has 5 N–H and O–H groups in total. The van der Waals surface area contributed by atoms with Gasteiger partial charge in [0.25, 0.3) is 0 Å². The van der Waals surface area contributed by atoms with Crippen LogP contribution in [0.25, 0.3) is 0 Å². The summed E-state index contributed by atoms with van der Waals surface area (Å²) in [6, 6.07) is 8.40. The molecule has 1 aromatic rings. The van der Waals surface area contributed by atoms with E-state index < -0.39 is 17.7 Å². The lowest BCUT2D eigenvalue weighted by Crippen LogP contribution is -2.65. The second-order valence-corrected chi connectivity index (χ2v) is 10.6. The molecule has 2 unspecified atom stereocenters. The lowest BCUT2D eigenvalue weighted by molar-refractivity contribution is -0.136. The van der Waals surface area contributed by atoms with Crippen LogP contribution in [-0.4, -0.2) is 65.8 Å². The normalized spacial score (nSPS) is 20.2. The maximum absolute atomic E-state index is 12.8. The SMILES string of the molecule is CCC(=O)N[C@](C=O)(C(C)C)N1CCC(C(C)NC(=O)[C@H](C)NC(=O)[C@H](C)N)=CC(Cc2ccccc2)C1. The number of nitrogens with zero attached hydrogens (tertiary/aromatic N) is 1. The number of nitrogens with two attached hydrogens (primary N) is 1. The van der Waals surface area contributed by atoms with E-state index in [1.807, 2.05) is 39.0 Å². The van der Waals surface area contributed by atoms with E-state index in [0.29, 0.717) is 19.5 Å². The van der Waals surface area contributed by atoms with Crippen molar-refractivity contribution in [3.8, 4) is 0 Å². The van der Waals surface area contributed by atoms with E-state index in [1.165, 1.54) is 0 Å². The molecule has 0 saturated carbocycles. The first-order valence-electron chi connectivity index (χ1n) is 13.6. The van der Waals surface area contributed by atoms with Gasteiger partial charge in [-0.2, -0.15) is 0 Å². The molecule has 0 aromatic heterocycles. The quantitative estimate of drug-likeness (QED) is 0.242. The van der Waals surface area contributed by atoms with Crippen LogP contribution in [0.3, 0.4) is 0 Å². The average molecular weight is 528 g/mol. The number of rotatable bonds is 12. The van der Waals surface area contributed by atoms with Crippen LogP contribution < -0.4 is 21.7 Å². The summed E-state index contributed by atoms with van der Waals surface area (Å²) in [5.41, 5.74) is 6.68. The molecule has 5 atom stereocenters. The van der Waals surface area contributed by atoms with Crippen LogP contribution in [0.4, 0.5) is 0 Å². The van der Waals surface area contributed by atoms with Gasteiger partial charge in [-0.15, -0.1) is 0 Å². The van der Waals surface area contributed by atoms with E-state index in [0.717, 1.165) is 23.8 Å². The lowest BCUT2D eigenvalue weighted by atomic mass is 9.92. The highest BCUT2D eigenvalue weighted by molar-refractivity contribution is 5.89. The summed E-state index contributed by atoms with van der Waals surface area (Å²) in [5.74, 6) is -0.971. The molecule has 3 amide bonds. The summed E-state index contributed by atoms with van der Waals surface area (Å²) < 4.78 is 0. The number of carbonyl (C=O) groups is 4. The number of aldehydes is 1. The number of carbonyl (C=O) groups excluding carboxylic acids is 4. The zero-order valence-corrected chi connectivity index (χ0v) is 23.6. The van der Waals surface area contributed by atoms with Gasteiger partial charge in [0.15, 0.2) is 11.9 Å². The molecule has 1 heterocycles. The average Bonchev–Trinajstić information content (AvgIpc) is 3.10. The van der Waals surface area contributed by atoms with Crippen LogP contribution >= 0.6 is 0 Å².